The smallest absolute Gasteiger partial charge is 0.298 e. The van der Waals surface area contributed by atoms with E-state index in [1.54, 1.807) is 12.1 Å². The largest absolute Gasteiger partial charge is 0.372 e. The molecule has 4 heteroatoms. The Hall–Kier alpha value is -0.480. The molecule has 0 spiro atoms. The lowest BCUT2D eigenvalue weighted by atomic mass is 10.0. The number of ether oxygens (including phenoxy) is 1. The first kappa shape index (κ1) is 11.0. The minimum absolute atomic E-state index is 0.0174. The van der Waals surface area contributed by atoms with Crippen LogP contribution in [0.25, 0.3) is 0 Å². The van der Waals surface area contributed by atoms with E-state index >= 15 is 0 Å². The first-order valence-electron chi connectivity index (χ1n) is 4.86. The molecule has 82 valence electrons. The van der Waals surface area contributed by atoms with Crippen molar-refractivity contribution < 1.29 is 13.5 Å². The fraction of sp³-hybridized carbons (Fsp3) is 0.455. The summed E-state index contributed by atoms with van der Waals surface area (Å²) in [6.45, 7) is 0.439. The molecule has 2 rings (SSSR count). The maximum absolute atomic E-state index is 13.9. The van der Waals surface area contributed by atoms with Crippen molar-refractivity contribution in [2.75, 3.05) is 6.61 Å². The molecular weight excluding hydrogens is 266 g/mol. The average molecular weight is 277 g/mol. The molecule has 0 radical (unpaired) electrons. The minimum Gasteiger partial charge on any atom is -0.372 e. The maximum atomic E-state index is 13.9. The molecule has 1 aromatic carbocycles. The van der Waals surface area contributed by atoms with E-state index in [2.05, 4.69) is 15.9 Å². The molecule has 0 aromatic heterocycles. The summed E-state index contributed by atoms with van der Waals surface area (Å²) in [5.41, 5.74) is 0.0174. The standard InChI is InChI=1S/C11H11BrF2O/c12-9-4-1-3-8(7-9)11(13,14)10-5-2-6-15-10/h1,3-4,7,10H,2,5-6H2. The van der Waals surface area contributed by atoms with E-state index < -0.39 is 12.0 Å². The fourth-order valence-electron chi connectivity index (χ4n) is 1.75. The molecule has 0 N–H and O–H groups in total. The second kappa shape index (κ2) is 4.18. The predicted molar refractivity (Wildman–Crippen MR) is 57.0 cm³/mol. The summed E-state index contributed by atoms with van der Waals surface area (Å²) in [6.07, 6.45) is 0.181. The third kappa shape index (κ3) is 2.21. The van der Waals surface area contributed by atoms with Crippen LogP contribution in [0.1, 0.15) is 18.4 Å². The van der Waals surface area contributed by atoms with Crippen LogP contribution in [0.3, 0.4) is 0 Å². The SMILES string of the molecule is FC(F)(c1cccc(Br)c1)C1CCCO1. The van der Waals surface area contributed by atoms with Crippen molar-refractivity contribution in [2.24, 2.45) is 0 Å². The number of hydrogen-bond donors (Lipinski definition) is 0. The van der Waals surface area contributed by atoms with Crippen LogP contribution >= 0.6 is 15.9 Å². The Balaban J connectivity index is 2.27. The lowest BCUT2D eigenvalue weighted by Gasteiger charge is -2.22. The molecule has 1 nitrogen and oxygen atoms in total. The molecule has 1 aromatic rings. The van der Waals surface area contributed by atoms with Gasteiger partial charge in [0.15, 0.2) is 0 Å². The zero-order valence-corrected chi connectivity index (χ0v) is 9.64. The Labute approximate surface area is 95.6 Å². The van der Waals surface area contributed by atoms with Crippen molar-refractivity contribution >= 4 is 15.9 Å². The van der Waals surface area contributed by atoms with Gasteiger partial charge in [0.05, 0.1) is 0 Å². The molecule has 1 aliphatic heterocycles. The van der Waals surface area contributed by atoms with Gasteiger partial charge in [0.25, 0.3) is 5.92 Å². The van der Waals surface area contributed by atoms with Gasteiger partial charge in [-0.15, -0.1) is 0 Å². The number of halogens is 3. The Morgan fingerprint density at radius 3 is 2.80 bits per heavy atom. The van der Waals surface area contributed by atoms with E-state index in [0.717, 1.165) is 0 Å². The zero-order chi connectivity index (χ0) is 10.9. The molecule has 1 atom stereocenters. The van der Waals surface area contributed by atoms with E-state index in [0.29, 0.717) is 23.9 Å². The zero-order valence-electron chi connectivity index (χ0n) is 8.05. The van der Waals surface area contributed by atoms with Gasteiger partial charge in [0.1, 0.15) is 6.10 Å². The second-order valence-corrected chi connectivity index (χ2v) is 4.55. The van der Waals surface area contributed by atoms with Gasteiger partial charge < -0.3 is 4.74 Å². The lowest BCUT2D eigenvalue weighted by molar-refractivity contribution is -0.122. The lowest BCUT2D eigenvalue weighted by Crippen LogP contribution is -2.30. The maximum Gasteiger partial charge on any atom is 0.298 e. The molecule has 1 heterocycles. The topological polar surface area (TPSA) is 9.23 Å². The van der Waals surface area contributed by atoms with Crippen LogP contribution < -0.4 is 0 Å². The molecular formula is C11H11BrF2O. The van der Waals surface area contributed by atoms with Crippen LogP contribution in [0.15, 0.2) is 28.7 Å². The summed E-state index contributed by atoms with van der Waals surface area (Å²) >= 11 is 3.19. The average Bonchev–Trinajstić information content (AvgIpc) is 2.71. The third-order valence-corrected chi connectivity index (χ3v) is 3.04. The van der Waals surface area contributed by atoms with Crippen molar-refractivity contribution in [3.8, 4) is 0 Å². The molecule has 0 amide bonds. The first-order valence-corrected chi connectivity index (χ1v) is 5.65. The summed E-state index contributed by atoms with van der Waals surface area (Å²) in [5, 5.41) is 0. The highest BCUT2D eigenvalue weighted by Crippen LogP contribution is 2.38. The Morgan fingerprint density at radius 1 is 1.40 bits per heavy atom. The van der Waals surface area contributed by atoms with E-state index in [4.69, 9.17) is 4.74 Å². The molecule has 15 heavy (non-hydrogen) atoms. The molecule has 1 saturated heterocycles. The van der Waals surface area contributed by atoms with Gasteiger partial charge in [-0.25, -0.2) is 0 Å². The van der Waals surface area contributed by atoms with Crippen LogP contribution in [0.4, 0.5) is 8.78 Å². The molecule has 0 aliphatic carbocycles. The van der Waals surface area contributed by atoms with Crippen LogP contribution in [-0.4, -0.2) is 12.7 Å². The van der Waals surface area contributed by atoms with Crippen molar-refractivity contribution in [3.05, 3.63) is 34.3 Å². The Kier molecular flexibility index (Phi) is 3.07. The highest BCUT2D eigenvalue weighted by atomic mass is 79.9. The summed E-state index contributed by atoms with van der Waals surface area (Å²) in [7, 11) is 0. The van der Waals surface area contributed by atoms with Crippen LogP contribution in [0.2, 0.25) is 0 Å². The van der Waals surface area contributed by atoms with Gasteiger partial charge in [-0.05, 0) is 25.0 Å². The summed E-state index contributed by atoms with van der Waals surface area (Å²) in [4.78, 5) is 0. The molecule has 1 aliphatic rings. The van der Waals surface area contributed by atoms with Crippen LogP contribution in [-0.2, 0) is 10.7 Å². The monoisotopic (exact) mass is 276 g/mol. The van der Waals surface area contributed by atoms with E-state index in [-0.39, 0.29) is 5.56 Å². The highest BCUT2D eigenvalue weighted by Gasteiger charge is 2.43. The summed E-state index contributed by atoms with van der Waals surface area (Å²) < 4.78 is 33.5. The van der Waals surface area contributed by atoms with Gasteiger partial charge in [-0.1, -0.05) is 28.1 Å². The number of rotatable bonds is 2. The van der Waals surface area contributed by atoms with Crippen molar-refractivity contribution in [1.29, 1.82) is 0 Å². The number of alkyl halides is 2. The number of hydrogen-bond acceptors (Lipinski definition) is 1. The normalized spacial score (nSPS) is 21.9. The van der Waals surface area contributed by atoms with Crippen molar-refractivity contribution in [1.82, 2.24) is 0 Å². The molecule has 0 saturated carbocycles. The fourth-order valence-corrected chi connectivity index (χ4v) is 2.14. The van der Waals surface area contributed by atoms with Gasteiger partial charge in [0, 0.05) is 16.6 Å². The highest BCUT2D eigenvalue weighted by molar-refractivity contribution is 9.10. The summed E-state index contributed by atoms with van der Waals surface area (Å²) in [6, 6.07) is 6.23. The van der Waals surface area contributed by atoms with E-state index in [1.165, 1.54) is 12.1 Å². The predicted octanol–water partition coefficient (Wildman–Crippen LogP) is 3.72. The molecule has 1 fully saturated rings. The Bertz CT molecular complexity index is 348. The molecule has 1 unspecified atom stereocenters. The quantitative estimate of drug-likeness (QED) is 0.800. The number of benzene rings is 1. The van der Waals surface area contributed by atoms with Gasteiger partial charge in [-0.2, -0.15) is 8.78 Å². The Morgan fingerprint density at radius 2 is 2.20 bits per heavy atom. The van der Waals surface area contributed by atoms with Crippen LogP contribution in [0, 0.1) is 0 Å². The van der Waals surface area contributed by atoms with Crippen molar-refractivity contribution in [3.63, 3.8) is 0 Å². The summed E-state index contributed by atoms with van der Waals surface area (Å²) in [5.74, 6) is -2.89. The van der Waals surface area contributed by atoms with Gasteiger partial charge >= 0.3 is 0 Å². The van der Waals surface area contributed by atoms with E-state index in [1.807, 2.05) is 0 Å². The van der Waals surface area contributed by atoms with Gasteiger partial charge in [0.2, 0.25) is 0 Å². The minimum atomic E-state index is -2.89. The first-order chi connectivity index (χ1) is 7.10. The van der Waals surface area contributed by atoms with Gasteiger partial charge in [-0.3, -0.25) is 0 Å². The van der Waals surface area contributed by atoms with E-state index in [9.17, 15) is 8.78 Å². The van der Waals surface area contributed by atoms with Crippen LogP contribution in [0.5, 0.6) is 0 Å². The third-order valence-electron chi connectivity index (χ3n) is 2.54. The second-order valence-electron chi connectivity index (χ2n) is 3.63. The van der Waals surface area contributed by atoms with Crippen molar-refractivity contribution in [2.45, 2.75) is 24.9 Å². The molecule has 0 bridgehead atoms.